The van der Waals surface area contributed by atoms with E-state index in [9.17, 15) is 14.3 Å². The maximum Gasteiger partial charge on any atom is 0.317 e. The molecule has 54 heavy (non-hydrogen) atoms. The van der Waals surface area contributed by atoms with E-state index < -0.39 is 44.4 Å². The maximum absolute atomic E-state index is 16.5. The highest BCUT2D eigenvalue weighted by molar-refractivity contribution is 7.32. The van der Waals surface area contributed by atoms with Gasteiger partial charge in [-0.3, -0.25) is 13.9 Å². The van der Waals surface area contributed by atoms with Gasteiger partial charge >= 0.3 is 8.25 Å². The van der Waals surface area contributed by atoms with Crippen LogP contribution in [0.1, 0.15) is 33.3 Å². The molecule has 1 saturated heterocycles. The summed E-state index contributed by atoms with van der Waals surface area (Å²) >= 11 is 0. The van der Waals surface area contributed by atoms with Crippen molar-refractivity contribution in [2.45, 2.75) is 30.2 Å². The van der Waals surface area contributed by atoms with E-state index in [2.05, 4.69) is 20.3 Å². The summed E-state index contributed by atoms with van der Waals surface area (Å²) in [4.78, 5) is 35.6. The number of halogens is 1. The standard InChI is InChI=1S/C38H35FN5O8P.H3N/c1-48-28-17-13-26(14-18-28)38(25-11-7-4-8-12-25,27-15-19-29(49-2)20-16-27)50-21-30-33(52-53(46)47)31(39)37(51-30)44-23-42-32-34(40-22-41-35(32)44)43-36(45)24-9-5-3-6-10-24;/h3-20,22-23,30-31,33,37,53H,21H2,1-2H3,(H,46,47)(H,40,41,43,45);1H3/t30-,31+,33+,37-;/m1./s1. The summed E-state index contributed by atoms with van der Waals surface area (Å²) in [5.41, 5.74) is 1.64. The van der Waals surface area contributed by atoms with E-state index in [4.69, 9.17) is 23.5 Å². The van der Waals surface area contributed by atoms with Gasteiger partial charge in [0.1, 0.15) is 35.6 Å². The molecule has 4 aromatic carbocycles. The first-order valence-electron chi connectivity index (χ1n) is 16.5. The lowest BCUT2D eigenvalue weighted by Gasteiger charge is -2.37. The molecule has 0 spiro atoms. The van der Waals surface area contributed by atoms with Crippen molar-refractivity contribution in [1.29, 1.82) is 0 Å². The van der Waals surface area contributed by atoms with Crippen molar-refractivity contribution < 1.29 is 42.1 Å². The summed E-state index contributed by atoms with van der Waals surface area (Å²) in [6.45, 7) is -0.288. The van der Waals surface area contributed by atoms with Gasteiger partial charge in [0.2, 0.25) is 0 Å². The number of nitrogens with one attached hydrogen (secondary N) is 1. The van der Waals surface area contributed by atoms with Gasteiger partial charge in [-0.15, -0.1) is 0 Å². The van der Waals surface area contributed by atoms with Crippen LogP contribution >= 0.6 is 8.25 Å². The topological polar surface area (TPSA) is 191 Å². The molecule has 6 aromatic rings. The lowest BCUT2D eigenvalue weighted by Crippen LogP contribution is -2.39. The van der Waals surface area contributed by atoms with Gasteiger partial charge in [0, 0.05) is 5.56 Å². The predicted octanol–water partition coefficient (Wildman–Crippen LogP) is 6.27. The predicted molar refractivity (Wildman–Crippen MR) is 198 cm³/mol. The number of nitrogens with zero attached hydrogens (tertiary/aromatic N) is 4. The molecule has 1 fully saturated rings. The number of amides is 1. The van der Waals surface area contributed by atoms with Crippen molar-refractivity contribution in [2.24, 2.45) is 0 Å². The van der Waals surface area contributed by atoms with Crippen molar-refractivity contribution in [3.63, 3.8) is 0 Å². The molecule has 16 heteroatoms. The van der Waals surface area contributed by atoms with Crippen molar-refractivity contribution in [1.82, 2.24) is 25.7 Å². The number of hydrogen-bond donors (Lipinski definition) is 3. The fraction of sp³-hybridized carbons (Fsp3) is 0.211. The number of ether oxygens (including phenoxy) is 4. The fourth-order valence-electron chi connectivity index (χ4n) is 6.49. The van der Waals surface area contributed by atoms with Crippen LogP contribution in [0.15, 0.2) is 122 Å². The first-order valence-corrected chi connectivity index (χ1v) is 17.8. The molecule has 280 valence electrons. The largest absolute Gasteiger partial charge is 0.497 e. The third kappa shape index (κ3) is 7.46. The molecule has 5 N–H and O–H groups in total. The van der Waals surface area contributed by atoms with Gasteiger partial charge < -0.3 is 39.8 Å². The number of imidazole rings is 1. The molecule has 1 aliphatic heterocycles. The maximum atomic E-state index is 16.5. The highest BCUT2D eigenvalue weighted by Crippen LogP contribution is 2.44. The van der Waals surface area contributed by atoms with E-state index in [1.807, 2.05) is 78.9 Å². The molecule has 2 aromatic heterocycles. The number of methoxy groups -OCH3 is 2. The molecule has 0 radical (unpaired) electrons. The van der Waals surface area contributed by atoms with Crippen LogP contribution in [0, 0.1) is 0 Å². The number of alkyl halides is 1. The van der Waals surface area contributed by atoms with Crippen LogP contribution in [-0.2, 0) is 24.2 Å². The molecule has 0 saturated carbocycles. The second kappa shape index (κ2) is 16.6. The van der Waals surface area contributed by atoms with Gasteiger partial charge in [-0.05, 0) is 53.1 Å². The lowest BCUT2D eigenvalue weighted by molar-refractivity contribution is -0.0912. The summed E-state index contributed by atoms with van der Waals surface area (Å²) in [5, 5.41) is 2.73. The smallest absolute Gasteiger partial charge is 0.317 e. The zero-order chi connectivity index (χ0) is 37.0. The number of rotatable bonds is 13. The summed E-state index contributed by atoms with van der Waals surface area (Å²) < 4.78 is 59.3. The normalized spacial score (nSPS) is 18.8. The average Bonchev–Trinajstić information content (AvgIpc) is 3.76. The number of carbonyl (C=O) groups is 1. The van der Waals surface area contributed by atoms with E-state index in [0.717, 1.165) is 16.7 Å². The van der Waals surface area contributed by atoms with Crippen LogP contribution in [0.2, 0.25) is 0 Å². The zero-order valence-corrected chi connectivity index (χ0v) is 30.2. The van der Waals surface area contributed by atoms with Gasteiger partial charge in [-0.1, -0.05) is 72.8 Å². The molecule has 5 atom stereocenters. The number of aromatic nitrogens is 4. The SMILES string of the molecule is COc1ccc(C(OC[C@H]2O[C@@H](n3cnc4c(NC(=O)c5ccccc5)ncnc43)[C@@H](F)[C@H]2O[PH](=O)O)(c2ccccc2)c2ccc(OC)cc2)cc1.N. The number of benzene rings is 4. The number of fused-ring (bicyclic) bond motifs is 1. The molecule has 0 bridgehead atoms. The molecule has 0 aliphatic carbocycles. The average molecular weight is 757 g/mol. The van der Waals surface area contributed by atoms with Gasteiger partial charge in [-0.2, -0.15) is 0 Å². The Morgan fingerprint density at radius 2 is 1.44 bits per heavy atom. The Labute approximate surface area is 310 Å². The van der Waals surface area contributed by atoms with Crippen molar-refractivity contribution in [2.75, 3.05) is 26.1 Å². The van der Waals surface area contributed by atoms with E-state index in [1.165, 1.54) is 17.2 Å². The monoisotopic (exact) mass is 756 g/mol. The summed E-state index contributed by atoms with van der Waals surface area (Å²) in [5.74, 6) is 0.951. The van der Waals surface area contributed by atoms with Crippen LogP contribution in [0.4, 0.5) is 10.2 Å². The second-order valence-corrected chi connectivity index (χ2v) is 12.8. The third-order valence-corrected chi connectivity index (χ3v) is 9.52. The van der Waals surface area contributed by atoms with E-state index >= 15 is 4.39 Å². The minimum Gasteiger partial charge on any atom is -0.497 e. The highest BCUT2D eigenvalue weighted by atomic mass is 31.1. The first-order chi connectivity index (χ1) is 25.8. The third-order valence-electron chi connectivity index (χ3n) is 9.04. The van der Waals surface area contributed by atoms with Crippen LogP contribution in [0.5, 0.6) is 11.5 Å². The van der Waals surface area contributed by atoms with E-state index in [-0.39, 0.29) is 29.7 Å². The Balaban J connectivity index is 0.00000497. The Bertz CT molecular complexity index is 2150. The molecular formula is C38H38FN6O8P. The first kappa shape index (κ1) is 38.2. The summed E-state index contributed by atoms with van der Waals surface area (Å²) in [6.07, 6.45) is -3.56. The van der Waals surface area contributed by atoms with Gasteiger partial charge in [0.05, 0.1) is 27.2 Å². The molecule has 7 rings (SSSR count). The zero-order valence-electron chi connectivity index (χ0n) is 29.2. The fourth-order valence-corrected chi connectivity index (χ4v) is 7.00. The molecule has 1 unspecified atom stereocenters. The van der Waals surface area contributed by atoms with Crippen molar-refractivity contribution in [3.8, 4) is 11.5 Å². The van der Waals surface area contributed by atoms with E-state index in [1.54, 1.807) is 44.6 Å². The van der Waals surface area contributed by atoms with Gasteiger partial charge in [0.25, 0.3) is 5.91 Å². The van der Waals surface area contributed by atoms with Crippen molar-refractivity contribution in [3.05, 3.63) is 144 Å². The number of anilines is 1. The van der Waals surface area contributed by atoms with Crippen LogP contribution in [0.25, 0.3) is 11.2 Å². The Morgan fingerprint density at radius 3 is 2.02 bits per heavy atom. The molecular weight excluding hydrogens is 718 g/mol. The Morgan fingerprint density at radius 1 is 0.870 bits per heavy atom. The molecule has 14 nitrogen and oxygen atoms in total. The minimum atomic E-state index is -3.64. The summed E-state index contributed by atoms with van der Waals surface area (Å²) in [6, 6.07) is 32.8. The lowest BCUT2D eigenvalue weighted by atomic mass is 9.80. The highest BCUT2D eigenvalue weighted by Gasteiger charge is 2.50. The van der Waals surface area contributed by atoms with Gasteiger partial charge in [-0.25, -0.2) is 19.3 Å². The summed E-state index contributed by atoms with van der Waals surface area (Å²) in [7, 11) is -0.488. The van der Waals surface area contributed by atoms with Crippen molar-refractivity contribution >= 4 is 31.1 Å². The number of carbonyl (C=O) groups excluding carboxylic acids is 1. The Hall–Kier alpha value is -5.54. The second-order valence-electron chi connectivity index (χ2n) is 12.0. The van der Waals surface area contributed by atoms with E-state index in [0.29, 0.717) is 17.1 Å². The quantitative estimate of drug-likeness (QED) is 0.0886. The minimum absolute atomic E-state index is 0. The molecule has 1 aliphatic rings. The van der Waals surface area contributed by atoms with Crippen LogP contribution in [-0.4, -0.2) is 69.5 Å². The molecule has 1 amide bonds. The van der Waals surface area contributed by atoms with Crippen LogP contribution in [0.3, 0.4) is 0 Å². The Kier molecular flexibility index (Phi) is 11.8. The number of hydrogen-bond acceptors (Lipinski definition) is 11. The van der Waals surface area contributed by atoms with Crippen LogP contribution < -0.4 is 20.9 Å². The molecule has 3 heterocycles. The van der Waals surface area contributed by atoms with Gasteiger partial charge in [0.15, 0.2) is 29.4 Å².